The summed E-state index contributed by atoms with van der Waals surface area (Å²) < 4.78 is 0. The minimum atomic E-state index is 1.04. The molecule has 1 rings (SSSR count). The van der Waals surface area contributed by atoms with Crippen LogP contribution in [0.4, 0.5) is 0 Å². The van der Waals surface area contributed by atoms with Gasteiger partial charge in [-0.1, -0.05) is 0 Å². The van der Waals surface area contributed by atoms with Gasteiger partial charge in [0.25, 0.3) is 0 Å². The van der Waals surface area contributed by atoms with Gasteiger partial charge in [0, 0.05) is 13.1 Å². The second kappa shape index (κ2) is 2.58. The van der Waals surface area contributed by atoms with Crippen molar-refractivity contribution < 1.29 is 0 Å². The molecular formula is C5H11NS. The SMILES string of the molecule is SCCCN1CC1. The van der Waals surface area contributed by atoms with Crippen LogP contribution in [0.5, 0.6) is 0 Å². The van der Waals surface area contributed by atoms with Gasteiger partial charge in [0.2, 0.25) is 0 Å². The first-order chi connectivity index (χ1) is 3.43. The summed E-state index contributed by atoms with van der Waals surface area (Å²) in [6.45, 7) is 3.92. The molecule has 0 amide bonds. The van der Waals surface area contributed by atoms with Gasteiger partial charge in [-0.3, -0.25) is 0 Å². The topological polar surface area (TPSA) is 3.01 Å². The molecule has 1 aliphatic heterocycles. The lowest BCUT2D eigenvalue weighted by atomic mass is 10.5. The third-order valence-electron chi connectivity index (χ3n) is 1.17. The Hall–Kier alpha value is 0.310. The molecule has 1 heterocycles. The summed E-state index contributed by atoms with van der Waals surface area (Å²) >= 11 is 4.10. The van der Waals surface area contributed by atoms with E-state index in [1.54, 1.807) is 0 Å². The van der Waals surface area contributed by atoms with Crippen LogP contribution >= 0.6 is 12.6 Å². The summed E-state index contributed by atoms with van der Waals surface area (Å²) in [6.07, 6.45) is 1.25. The highest BCUT2D eigenvalue weighted by atomic mass is 32.1. The maximum absolute atomic E-state index is 4.10. The van der Waals surface area contributed by atoms with Crippen molar-refractivity contribution in [2.24, 2.45) is 0 Å². The second-order valence-corrected chi connectivity index (χ2v) is 2.37. The molecule has 1 fully saturated rings. The van der Waals surface area contributed by atoms with Gasteiger partial charge in [0.1, 0.15) is 0 Å². The number of nitrogens with zero attached hydrogens (tertiary/aromatic N) is 1. The minimum Gasteiger partial charge on any atom is -0.301 e. The zero-order valence-corrected chi connectivity index (χ0v) is 5.32. The Bertz CT molecular complexity index is 52.0. The molecule has 0 radical (unpaired) electrons. The fourth-order valence-electron chi connectivity index (χ4n) is 0.589. The highest BCUT2D eigenvalue weighted by molar-refractivity contribution is 7.80. The van der Waals surface area contributed by atoms with Gasteiger partial charge < -0.3 is 4.90 Å². The third kappa shape index (κ3) is 2.19. The van der Waals surface area contributed by atoms with E-state index in [1.807, 2.05) is 0 Å². The number of thiol groups is 1. The molecular weight excluding hydrogens is 106 g/mol. The summed E-state index contributed by atoms with van der Waals surface area (Å²) in [7, 11) is 0. The van der Waals surface area contributed by atoms with Crippen LogP contribution in [0.15, 0.2) is 0 Å². The largest absolute Gasteiger partial charge is 0.301 e. The van der Waals surface area contributed by atoms with Crippen molar-refractivity contribution in [2.45, 2.75) is 6.42 Å². The molecule has 0 aromatic rings. The summed E-state index contributed by atoms with van der Waals surface area (Å²) in [5.41, 5.74) is 0. The van der Waals surface area contributed by atoms with Gasteiger partial charge in [0.05, 0.1) is 0 Å². The normalized spacial score (nSPS) is 20.1. The molecule has 42 valence electrons. The highest BCUT2D eigenvalue weighted by Crippen LogP contribution is 2.03. The maximum Gasteiger partial charge on any atom is 0.0110 e. The first-order valence-electron chi connectivity index (χ1n) is 2.76. The summed E-state index contributed by atoms with van der Waals surface area (Å²) in [5.74, 6) is 1.04. The molecule has 1 aliphatic rings. The van der Waals surface area contributed by atoms with Gasteiger partial charge in [0.15, 0.2) is 0 Å². The van der Waals surface area contributed by atoms with E-state index in [0.717, 1.165) is 5.75 Å². The average molecular weight is 117 g/mol. The fourth-order valence-corrected chi connectivity index (χ4v) is 0.730. The number of rotatable bonds is 3. The van der Waals surface area contributed by atoms with Crippen LogP contribution in [0.2, 0.25) is 0 Å². The van der Waals surface area contributed by atoms with Crippen LogP contribution in [-0.4, -0.2) is 30.3 Å². The lowest BCUT2D eigenvalue weighted by Gasteiger charge is -1.93. The van der Waals surface area contributed by atoms with E-state index in [2.05, 4.69) is 17.5 Å². The monoisotopic (exact) mass is 117 g/mol. The summed E-state index contributed by atoms with van der Waals surface area (Å²) in [5, 5.41) is 0. The van der Waals surface area contributed by atoms with E-state index in [-0.39, 0.29) is 0 Å². The van der Waals surface area contributed by atoms with Crippen molar-refractivity contribution >= 4 is 12.6 Å². The Morgan fingerprint density at radius 1 is 1.43 bits per heavy atom. The van der Waals surface area contributed by atoms with Gasteiger partial charge >= 0.3 is 0 Å². The first-order valence-corrected chi connectivity index (χ1v) is 3.40. The average Bonchev–Trinajstić information content (AvgIpc) is 2.42. The molecule has 0 bridgehead atoms. The Balaban J connectivity index is 1.80. The lowest BCUT2D eigenvalue weighted by Crippen LogP contribution is -1.98. The van der Waals surface area contributed by atoms with Crippen LogP contribution in [0.1, 0.15) is 6.42 Å². The summed E-state index contributed by atoms with van der Waals surface area (Å²) in [4.78, 5) is 2.41. The van der Waals surface area contributed by atoms with Crippen LogP contribution in [0, 0.1) is 0 Å². The molecule has 1 nitrogen and oxygen atoms in total. The van der Waals surface area contributed by atoms with Crippen molar-refractivity contribution in [1.82, 2.24) is 4.90 Å². The molecule has 0 aromatic heterocycles. The van der Waals surface area contributed by atoms with Crippen LogP contribution in [0.25, 0.3) is 0 Å². The molecule has 0 N–H and O–H groups in total. The molecule has 2 heteroatoms. The Labute approximate surface area is 50.1 Å². The Kier molecular flexibility index (Phi) is 2.00. The van der Waals surface area contributed by atoms with Crippen molar-refractivity contribution in [2.75, 3.05) is 25.4 Å². The van der Waals surface area contributed by atoms with E-state index in [1.165, 1.54) is 26.1 Å². The van der Waals surface area contributed by atoms with E-state index >= 15 is 0 Å². The molecule has 0 unspecified atom stereocenters. The fraction of sp³-hybridized carbons (Fsp3) is 1.00. The van der Waals surface area contributed by atoms with Gasteiger partial charge in [-0.25, -0.2) is 0 Å². The van der Waals surface area contributed by atoms with E-state index in [0.29, 0.717) is 0 Å². The van der Waals surface area contributed by atoms with E-state index in [4.69, 9.17) is 0 Å². The maximum atomic E-state index is 4.10. The smallest absolute Gasteiger partial charge is 0.0110 e. The van der Waals surface area contributed by atoms with Gasteiger partial charge in [-0.2, -0.15) is 12.6 Å². The predicted octanol–water partition coefficient (Wildman–Crippen LogP) is 0.622. The van der Waals surface area contributed by atoms with Crippen molar-refractivity contribution in [3.05, 3.63) is 0 Å². The second-order valence-electron chi connectivity index (χ2n) is 1.92. The Morgan fingerprint density at radius 3 is 2.57 bits per heavy atom. The molecule has 0 aromatic carbocycles. The van der Waals surface area contributed by atoms with Gasteiger partial charge in [-0.15, -0.1) is 0 Å². The van der Waals surface area contributed by atoms with Crippen molar-refractivity contribution in [3.63, 3.8) is 0 Å². The van der Waals surface area contributed by atoms with Crippen LogP contribution < -0.4 is 0 Å². The zero-order chi connectivity index (χ0) is 5.11. The molecule has 0 spiro atoms. The van der Waals surface area contributed by atoms with Crippen molar-refractivity contribution in [3.8, 4) is 0 Å². The number of hydrogen-bond donors (Lipinski definition) is 1. The molecule has 0 aliphatic carbocycles. The van der Waals surface area contributed by atoms with Crippen LogP contribution in [-0.2, 0) is 0 Å². The quantitative estimate of drug-likeness (QED) is 0.419. The predicted molar refractivity (Wildman–Crippen MR) is 34.9 cm³/mol. The van der Waals surface area contributed by atoms with E-state index < -0.39 is 0 Å². The number of hydrogen-bond acceptors (Lipinski definition) is 2. The minimum absolute atomic E-state index is 1.04. The first kappa shape index (κ1) is 5.45. The van der Waals surface area contributed by atoms with Gasteiger partial charge in [-0.05, 0) is 18.7 Å². The molecule has 7 heavy (non-hydrogen) atoms. The summed E-state index contributed by atoms with van der Waals surface area (Å²) in [6, 6.07) is 0. The highest BCUT2D eigenvalue weighted by Gasteiger charge is 2.14. The van der Waals surface area contributed by atoms with E-state index in [9.17, 15) is 0 Å². The third-order valence-corrected chi connectivity index (χ3v) is 1.49. The standard InChI is InChI=1S/C5H11NS/c7-5-1-2-6-3-4-6/h7H,1-5H2. The zero-order valence-electron chi connectivity index (χ0n) is 4.43. The molecule has 0 saturated carbocycles. The van der Waals surface area contributed by atoms with Crippen molar-refractivity contribution in [1.29, 1.82) is 0 Å². The van der Waals surface area contributed by atoms with Crippen LogP contribution in [0.3, 0.4) is 0 Å². The lowest BCUT2D eigenvalue weighted by molar-refractivity contribution is 0.555. The molecule has 0 atom stereocenters. The Morgan fingerprint density at radius 2 is 2.14 bits per heavy atom. The molecule has 1 saturated heterocycles.